The molecule has 0 saturated carbocycles. The van der Waals surface area contributed by atoms with Gasteiger partial charge in [-0.2, -0.15) is 0 Å². The van der Waals surface area contributed by atoms with Crippen molar-refractivity contribution < 1.29 is 9.59 Å². The van der Waals surface area contributed by atoms with Gasteiger partial charge in [0.2, 0.25) is 0 Å². The van der Waals surface area contributed by atoms with Crippen LogP contribution in [0.1, 0.15) is 37.2 Å². The first-order chi connectivity index (χ1) is 9.75. The van der Waals surface area contributed by atoms with Crippen LogP contribution in [0.3, 0.4) is 0 Å². The first-order valence-electron chi connectivity index (χ1n) is 7.10. The van der Waals surface area contributed by atoms with Gasteiger partial charge in [-0.05, 0) is 18.4 Å². The lowest BCUT2D eigenvalue weighted by atomic mass is 9.80. The third-order valence-electron chi connectivity index (χ3n) is 4.47. The predicted molar refractivity (Wildman–Crippen MR) is 74.9 cm³/mol. The fourth-order valence-corrected chi connectivity index (χ4v) is 3.59. The van der Waals surface area contributed by atoms with Gasteiger partial charge in [0, 0.05) is 41.3 Å². The summed E-state index contributed by atoms with van der Waals surface area (Å²) in [5.74, 6) is 0.229. The summed E-state index contributed by atoms with van der Waals surface area (Å²) in [6, 6.07) is 9.93. The maximum absolute atomic E-state index is 12.3. The summed E-state index contributed by atoms with van der Waals surface area (Å²) < 4.78 is 0. The molecule has 0 bridgehead atoms. The average molecular weight is 265 g/mol. The van der Waals surface area contributed by atoms with Gasteiger partial charge in [0.05, 0.1) is 0 Å². The lowest BCUT2D eigenvalue weighted by Crippen LogP contribution is -2.26. The van der Waals surface area contributed by atoms with Crippen LogP contribution in [0.5, 0.6) is 0 Å². The summed E-state index contributed by atoms with van der Waals surface area (Å²) in [7, 11) is 0. The molecular formula is C17H15NO2. The quantitative estimate of drug-likeness (QED) is 0.849. The first-order valence-corrected chi connectivity index (χ1v) is 7.10. The SMILES string of the molecule is O=C1CCC2=C1C(c1ccccc1)C1=C(CCC1=O)N2. The van der Waals surface area contributed by atoms with Gasteiger partial charge in [0.15, 0.2) is 11.6 Å². The number of nitrogens with one attached hydrogen (secondary N) is 1. The number of dihydropyridines is 1. The number of Topliss-reactive ketones (excluding diaryl/α,β-unsaturated/α-hetero) is 2. The Morgan fingerprint density at radius 2 is 1.35 bits per heavy atom. The zero-order valence-corrected chi connectivity index (χ0v) is 11.1. The Hall–Kier alpha value is -2.16. The van der Waals surface area contributed by atoms with Crippen LogP contribution in [0.2, 0.25) is 0 Å². The molecule has 3 nitrogen and oxygen atoms in total. The van der Waals surface area contributed by atoms with E-state index in [1.165, 1.54) is 0 Å². The Morgan fingerprint density at radius 1 is 0.800 bits per heavy atom. The molecule has 0 unspecified atom stereocenters. The summed E-state index contributed by atoms with van der Waals surface area (Å²) in [4.78, 5) is 24.5. The Kier molecular flexibility index (Phi) is 2.43. The van der Waals surface area contributed by atoms with Crippen molar-refractivity contribution >= 4 is 11.6 Å². The largest absolute Gasteiger partial charge is 0.362 e. The highest BCUT2D eigenvalue weighted by Crippen LogP contribution is 2.46. The van der Waals surface area contributed by atoms with Gasteiger partial charge >= 0.3 is 0 Å². The molecule has 3 heteroatoms. The van der Waals surface area contributed by atoms with Crippen molar-refractivity contribution in [1.29, 1.82) is 0 Å². The van der Waals surface area contributed by atoms with Crippen LogP contribution < -0.4 is 5.32 Å². The predicted octanol–water partition coefficient (Wildman–Crippen LogP) is 2.61. The number of carbonyl (C=O) groups is 2. The molecule has 3 aliphatic rings. The van der Waals surface area contributed by atoms with Gasteiger partial charge in [0.25, 0.3) is 0 Å². The molecule has 1 heterocycles. The van der Waals surface area contributed by atoms with Gasteiger partial charge in [-0.15, -0.1) is 0 Å². The van der Waals surface area contributed by atoms with Crippen LogP contribution in [-0.2, 0) is 9.59 Å². The summed E-state index contributed by atoms with van der Waals surface area (Å²) in [5, 5.41) is 3.36. The van der Waals surface area contributed by atoms with E-state index >= 15 is 0 Å². The van der Waals surface area contributed by atoms with Gasteiger partial charge in [-0.1, -0.05) is 30.3 Å². The molecule has 0 spiro atoms. The Morgan fingerprint density at radius 3 is 1.90 bits per heavy atom. The third-order valence-corrected chi connectivity index (χ3v) is 4.47. The molecule has 100 valence electrons. The van der Waals surface area contributed by atoms with E-state index in [0.717, 1.165) is 40.9 Å². The average Bonchev–Trinajstić information content (AvgIpc) is 3.03. The summed E-state index contributed by atoms with van der Waals surface area (Å²) in [5.41, 5.74) is 4.78. The minimum Gasteiger partial charge on any atom is -0.362 e. The first kappa shape index (κ1) is 11.6. The number of benzene rings is 1. The van der Waals surface area contributed by atoms with E-state index in [0.29, 0.717) is 12.8 Å². The van der Waals surface area contributed by atoms with E-state index < -0.39 is 0 Å². The maximum atomic E-state index is 12.3. The molecule has 0 aromatic heterocycles. The Balaban J connectivity index is 1.91. The van der Waals surface area contributed by atoms with E-state index in [2.05, 4.69) is 5.32 Å². The van der Waals surface area contributed by atoms with Crippen molar-refractivity contribution in [1.82, 2.24) is 5.32 Å². The van der Waals surface area contributed by atoms with E-state index in [4.69, 9.17) is 0 Å². The second kappa shape index (κ2) is 4.17. The molecule has 0 atom stereocenters. The minimum atomic E-state index is -0.146. The van der Waals surface area contributed by atoms with Crippen LogP contribution in [0, 0.1) is 0 Å². The fourth-order valence-electron chi connectivity index (χ4n) is 3.59. The van der Waals surface area contributed by atoms with Crippen molar-refractivity contribution in [3.8, 4) is 0 Å². The van der Waals surface area contributed by atoms with E-state index in [1.54, 1.807) is 0 Å². The molecule has 4 rings (SSSR count). The van der Waals surface area contributed by atoms with Crippen LogP contribution >= 0.6 is 0 Å². The zero-order chi connectivity index (χ0) is 13.7. The number of rotatable bonds is 1. The third kappa shape index (κ3) is 1.52. The normalized spacial score (nSPS) is 22.2. The number of ketones is 2. The van der Waals surface area contributed by atoms with Crippen LogP contribution in [0.25, 0.3) is 0 Å². The Bertz CT molecular complexity index is 642. The van der Waals surface area contributed by atoms with Gasteiger partial charge in [0.1, 0.15) is 0 Å². The highest BCUT2D eigenvalue weighted by molar-refractivity contribution is 6.08. The number of carbonyl (C=O) groups excluding carboxylic acids is 2. The second-order valence-corrected chi connectivity index (χ2v) is 5.60. The van der Waals surface area contributed by atoms with E-state index in [9.17, 15) is 9.59 Å². The van der Waals surface area contributed by atoms with Crippen LogP contribution in [-0.4, -0.2) is 11.6 Å². The molecular weight excluding hydrogens is 250 g/mol. The Labute approximate surface area is 117 Å². The molecule has 1 aromatic carbocycles. The van der Waals surface area contributed by atoms with Gasteiger partial charge < -0.3 is 5.32 Å². The molecule has 20 heavy (non-hydrogen) atoms. The highest BCUT2D eigenvalue weighted by Gasteiger charge is 2.42. The van der Waals surface area contributed by atoms with Crippen molar-refractivity contribution in [2.45, 2.75) is 31.6 Å². The second-order valence-electron chi connectivity index (χ2n) is 5.60. The van der Waals surface area contributed by atoms with Crippen molar-refractivity contribution in [3.05, 3.63) is 58.4 Å². The molecule has 1 N–H and O–H groups in total. The van der Waals surface area contributed by atoms with Crippen molar-refractivity contribution in [2.24, 2.45) is 0 Å². The molecule has 0 saturated heterocycles. The minimum absolute atomic E-state index is 0.146. The van der Waals surface area contributed by atoms with Crippen molar-refractivity contribution in [3.63, 3.8) is 0 Å². The zero-order valence-electron chi connectivity index (χ0n) is 11.1. The van der Waals surface area contributed by atoms with E-state index in [1.807, 2.05) is 30.3 Å². The highest BCUT2D eigenvalue weighted by atomic mass is 16.1. The molecule has 1 aromatic rings. The van der Waals surface area contributed by atoms with Gasteiger partial charge in [-0.25, -0.2) is 0 Å². The maximum Gasteiger partial charge on any atom is 0.161 e. The molecule has 2 aliphatic carbocycles. The molecule has 0 fully saturated rings. The molecule has 1 aliphatic heterocycles. The van der Waals surface area contributed by atoms with Crippen LogP contribution in [0.15, 0.2) is 52.9 Å². The molecule has 0 radical (unpaired) electrons. The van der Waals surface area contributed by atoms with Crippen LogP contribution in [0.4, 0.5) is 0 Å². The summed E-state index contributed by atoms with van der Waals surface area (Å²) >= 11 is 0. The lowest BCUT2D eigenvalue weighted by Gasteiger charge is -2.27. The smallest absolute Gasteiger partial charge is 0.161 e. The van der Waals surface area contributed by atoms with Crippen molar-refractivity contribution in [2.75, 3.05) is 0 Å². The number of hydrogen-bond donors (Lipinski definition) is 1. The lowest BCUT2D eigenvalue weighted by molar-refractivity contribution is -0.115. The number of allylic oxidation sites excluding steroid dienone is 4. The molecule has 0 amide bonds. The summed E-state index contributed by atoms with van der Waals surface area (Å²) in [6.07, 6.45) is 2.69. The number of hydrogen-bond acceptors (Lipinski definition) is 3. The summed E-state index contributed by atoms with van der Waals surface area (Å²) in [6.45, 7) is 0. The topological polar surface area (TPSA) is 46.2 Å². The monoisotopic (exact) mass is 265 g/mol. The van der Waals surface area contributed by atoms with Gasteiger partial charge in [-0.3, -0.25) is 9.59 Å². The van der Waals surface area contributed by atoms with E-state index in [-0.39, 0.29) is 17.5 Å². The fraction of sp³-hybridized carbons (Fsp3) is 0.294. The standard InChI is InChI=1S/C17H15NO2/c19-13-8-6-11-16(13)15(10-4-2-1-3-5-10)17-12(18-11)7-9-14(17)20/h1-5,15,18H,6-9H2.